The fraction of sp³-hybridized carbons (Fsp3) is 0.647. The van der Waals surface area contributed by atoms with Crippen molar-refractivity contribution >= 4 is 0 Å². The molecule has 1 aromatic rings. The summed E-state index contributed by atoms with van der Waals surface area (Å²) in [6.07, 6.45) is 4.76. The Labute approximate surface area is 122 Å². The van der Waals surface area contributed by atoms with Crippen LogP contribution in [0.3, 0.4) is 0 Å². The van der Waals surface area contributed by atoms with Crippen molar-refractivity contribution < 1.29 is 9.47 Å². The van der Waals surface area contributed by atoms with E-state index < -0.39 is 0 Å². The summed E-state index contributed by atoms with van der Waals surface area (Å²) in [5.74, 6) is 1.39. The molecule has 1 saturated heterocycles. The predicted molar refractivity (Wildman–Crippen MR) is 82.0 cm³/mol. The van der Waals surface area contributed by atoms with Crippen molar-refractivity contribution in [1.29, 1.82) is 0 Å². The molecule has 2 unspecified atom stereocenters. The maximum Gasteiger partial charge on any atom is 0.118 e. The Balaban J connectivity index is 1.88. The van der Waals surface area contributed by atoms with Crippen LogP contribution in [0, 0.1) is 5.92 Å². The van der Waals surface area contributed by atoms with Crippen LogP contribution >= 0.6 is 0 Å². The van der Waals surface area contributed by atoms with E-state index in [-0.39, 0.29) is 5.60 Å². The molecule has 20 heavy (non-hydrogen) atoms. The second kappa shape index (κ2) is 6.59. The molecule has 0 amide bonds. The molecular weight excluding hydrogens is 250 g/mol. The molecule has 0 aromatic heterocycles. The molecule has 0 bridgehead atoms. The largest absolute Gasteiger partial charge is 0.497 e. The summed E-state index contributed by atoms with van der Waals surface area (Å²) >= 11 is 0. The molecule has 0 aliphatic carbocycles. The fourth-order valence-corrected chi connectivity index (χ4v) is 2.97. The lowest BCUT2D eigenvalue weighted by Crippen LogP contribution is -2.25. The number of rotatable bonds is 6. The molecule has 1 fully saturated rings. The maximum absolute atomic E-state index is 6.08. The summed E-state index contributed by atoms with van der Waals surface area (Å²) in [5.41, 5.74) is 7.31. The maximum atomic E-state index is 6.08. The van der Waals surface area contributed by atoms with E-state index >= 15 is 0 Å². The van der Waals surface area contributed by atoms with Gasteiger partial charge in [-0.15, -0.1) is 0 Å². The van der Waals surface area contributed by atoms with Gasteiger partial charge in [-0.3, -0.25) is 0 Å². The molecule has 2 N–H and O–H groups in total. The molecule has 3 nitrogen and oxygen atoms in total. The van der Waals surface area contributed by atoms with Crippen molar-refractivity contribution in [3.05, 3.63) is 29.8 Å². The minimum absolute atomic E-state index is 0.0456. The third-order valence-corrected chi connectivity index (χ3v) is 4.17. The minimum atomic E-state index is 0.0456. The number of hydrogen-bond donors (Lipinski definition) is 1. The fourth-order valence-electron chi connectivity index (χ4n) is 2.97. The van der Waals surface area contributed by atoms with Gasteiger partial charge in [0.15, 0.2) is 0 Å². The van der Waals surface area contributed by atoms with Crippen molar-refractivity contribution in [3.63, 3.8) is 0 Å². The smallest absolute Gasteiger partial charge is 0.118 e. The summed E-state index contributed by atoms with van der Waals surface area (Å²) in [6, 6.07) is 8.28. The van der Waals surface area contributed by atoms with Gasteiger partial charge in [-0.05, 0) is 69.7 Å². The summed E-state index contributed by atoms with van der Waals surface area (Å²) in [7, 11) is 1.69. The predicted octanol–water partition coefficient (Wildman–Crippen LogP) is 3.16. The Kier molecular flexibility index (Phi) is 5.06. The van der Waals surface area contributed by atoms with Gasteiger partial charge in [-0.2, -0.15) is 0 Å². The van der Waals surface area contributed by atoms with Crippen LogP contribution in [0.2, 0.25) is 0 Å². The molecule has 3 heteroatoms. The lowest BCUT2D eigenvalue weighted by Gasteiger charge is -2.22. The van der Waals surface area contributed by atoms with Crippen LogP contribution in [0.4, 0.5) is 0 Å². The van der Waals surface area contributed by atoms with E-state index in [4.69, 9.17) is 15.2 Å². The van der Waals surface area contributed by atoms with E-state index in [0.717, 1.165) is 31.4 Å². The second-order valence-electron chi connectivity index (χ2n) is 6.43. The molecule has 112 valence electrons. The topological polar surface area (TPSA) is 44.5 Å². The van der Waals surface area contributed by atoms with Gasteiger partial charge in [-0.25, -0.2) is 0 Å². The third kappa shape index (κ3) is 4.22. The molecule has 0 saturated carbocycles. The number of benzene rings is 1. The number of methoxy groups -OCH3 is 1. The zero-order valence-corrected chi connectivity index (χ0v) is 12.9. The average molecular weight is 277 g/mol. The van der Waals surface area contributed by atoms with Crippen LogP contribution in [-0.4, -0.2) is 25.4 Å². The monoisotopic (exact) mass is 277 g/mol. The van der Waals surface area contributed by atoms with Gasteiger partial charge in [0.1, 0.15) is 5.75 Å². The minimum Gasteiger partial charge on any atom is -0.497 e. The van der Waals surface area contributed by atoms with Crippen LogP contribution in [0.5, 0.6) is 5.75 Å². The Morgan fingerprint density at radius 2 is 2.05 bits per heavy atom. The van der Waals surface area contributed by atoms with E-state index in [0.29, 0.717) is 18.6 Å². The van der Waals surface area contributed by atoms with E-state index in [1.807, 2.05) is 12.1 Å². The van der Waals surface area contributed by atoms with E-state index in [9.17, 15) is 0 Å². The highest BCUT2D eigenvalue weighted by Gasteiger charge is 2.32. The van der Waals surface area contributed by atoms with Gasteiger partial charge in [0.05, 0.1) is 18.8 Å². The lowest BCUT2D eigenvalue weighted by atomic mass is 9.92. The normalized spacial score (nSPS) is 22.7. The van der Waals surface area contributed by atoms with Crippen molar-refractivity contribution in [2.45, 2.75) is 51.2 Å². The Hall–Kier alpha value is -1.06. The molecule has 2 rings (SSSR count). The molecular formula is C17H27NO2. The molecule has 1 heterocycles. The van der Waals surface area contributed by atoms with Gasteiger partial charge in [-0.1, -0.05) is 12.1 Å². The first-order valence-electron chi connectivity index (χ1n) is 7.53. The first-order valence-corrected chi connectivity index (χ1v) is 7.53. The Morgan fingerprint density at radius 1 is 1.35 bits per heavy atom. The second-order valence-corrected chi connectivity index (χ2v) is 6.43. The van der Waals surface area contributed by atoms with Crippen LogP contribution < -0.4 is 10.5 Å². The summed E-state index contributed by atoms with van der Waals surface area (Å²) in [6.45, 7) is 5.06. The van der Waals surface area contributed by atoms with E-state index in [1.54, 1.807) is 7.11 Å². The van der Waals surface area contributed by atoms with Crippen LogP contribution in [0.1, 0.15) is 38.7 Å². The van der Waals surface area contributed by atoms with Crippen LogP contribution in [0.25, 0.3) is 0 Å². The van der Waals surface area contributed by atoms with Gasteiger partial charge in [0, 0.05) is 0 Å². The summed E-state index contributed by atoms with van der Waals surface area (Å²) in [4.78, 5) is 0. The van der Waals surface area contributed by atoms with Crippen LogP contribution in [0.15, 0.2) is 24.3 Å². The van der Waals surface area contributed by atoms with E-state index in [2.05, 4.69) is 26.0 Å². The van der Waals surface area contributed by atoms with Crippen molar-refractivity contribution in [3.8, 4) is 5.75 Å². The molecule has 1 aliphatic heterocycles. The lowest BCUT2D eigenvalue weighted by molar-refractivity contribution is -0.0240. The van der Waals surface area contributed by atoms with Gasteiger partial charge >= 0.3 is 0 Å². The SMILES string of the molecule is COc1ccc(CC(CN)CC2CCC(C)(C)O2)cc1. The van der Waals surface area contributed by atoms with Crippen molar-refractivity contribution in [2.24, 2.45) is 11.7 Å². The van der Waals surface area contributed by atoms with Gasteiger partial charge in [0.2, 0.25) is 0 Å². The molecule has 2 atom stereocenters. The molecule has 0 radical (unpaired) electrons. The molecule has 1 aromatic carbocycles. The average Bonchev–Trinajstić information content (AvgIpc) is 2.78. The van der Waals surface area contributed by atoms with Gasteiger partial charge < -0.3 is 15.2 Å². The number of nitrogens with two attached hydrogens (primary N) is 1. The van der Waals surface area contributed by atoms with E-state index in [1.165, 1.54) is 5.56 Å². The molecule has 1 aliphatic rings. The van der Waals surface area contributed by atoms with Crippen molar-refractivity contribution in [2.75, 3.05) is 13.7 Å². The Morgan fingerprint density at radius 3 is 2.55 bits per heavy atom. The highest BCUT2D eigenvalue weighted by molar-refractivity contribution is 5.27. The highest BCUT2D eigenvalue weighted by atomic mass is 16.5. The third-order valence-electron chi connectivity index (χ3n) is 4.17. The zero-order chi connectivity index (χ0) is 14.6. The number of ether oxygens (including phenoxy) is 2. The molecule has 0 spiro atoms. The first-order chi connectivity index (χ1) is 9.52. The quantitative estimate of drug-likeness (QED) is 0.868. The standard InChI is InChI=1S/C17H27NO2/c1-17(2)9-8-16(20-17)11-14(12-18)10-13-4-6-15(19-3)7-5-13/h4-7,14,16H,8-12,18H2,1-3H3. The van der Waals surface area contributed by atoms with Crippen LogP contribution in [-0.2, 0) is 11.2 Å². The summed E-state index contributed by atoms with van der Waals surface area (Å²) < 4.78 is 11.3. The van der Waals surface area contributed by atoms with Crippen molar-refractivity contribution in [1.82, 2.24) is 0 Å². The summed E-state index contributed by atoms with van der Waals surface area (Å²) in [5, 5.41) is 0. The van der Waals surface area contributed by atoms with Gasteiger partial charge in [0.25, 0.3) is 0 Å². The zero-order valence-electron chi connectivity index (χ0n) is 12.9. The highest BCUT2D eigenvalue weighted by Crippen LogP contribution is 2.33. The number of hydrogen-bond acceptors (Lipinski definition) is 3. The Bertz CT molecular complexity index is 414. The first kappa shape index (κ1) is 15.3.